The van der Waals surface area contributed by atoms with E-state index in [0.717, 1.165) is 12.1 Å². The molecule has 0 bridgehead atoms. The van der Waals surface area contributed by atoms with Gasteiger partial charge in [-0.15, -0.1) is 0 Å². The van der Waals surface area contributed by atoms with Gasteiger partial charge in [0.25, 0.3) is 0 Å². The third kappa shape index (κ3) is 4.51. The van der Waals surface area contributed by atoms with E-state index in [1.54, 1.807) is 0 Å². The van der Waals surface area contributed by atoms with Gasteiger partial charge in [-0.2, -0.15) is 0 Å². The molecule has 3 N–H and O–H groups in total. The summed E-state index contributed by atoms with van der Waals surface area (Å²) in [5, 5.41) is 2.50. The summed E-state index contributed by atoms with van der Waals surface area (Å²) in [4.78, 5) is 11.2. The fourth-order valence-corrected chi connectivity index (χ4v) is 2.50. The SMILES string of the molecule is CC(C)CNC(=O)CS(=O)(=O)c1ccc(N)c(F)c1. The summed E-state index contributed by atoms with van der Waals surface area (Å²) in [5.74, 6) is -1.90. The summed E-state index contributed by atoms with van der Waals surface area (Å²) < 4.78 is 37.0. The molecule has 0 heterocycles. The van der Waals surface area contributed by atoms with Crippen LogP contribution in [0.5, 0.6) is 0 Å². The molecular formula is C12H17FN2O3S. The number of nitrogens with one attached hydrogen (secondary N) is 1. The molecule has 106 valence electrons. The van der Waals surface area contributed by atoms with Gasteiger partial charge in [0.05, 0.1) is 10.6 Å². The Labute approximate surface area is 111 Å². The van der Waals surface area contributed by atoms with Gasteiger partial charge in [-0.3, -0.25) is 4.79 Å². The monoisotopic (exact) mass is 288 g/mol. The van der Waals surface area contributed by atoms with Gasteiger partial charge in [0.15, 0.2) is 9.84 Å². The first-order valence-corrected chi connectivity index (χ1v) is 7.42. The first kappa shape index (κ1) is 15.4. The Bertz CT molecular complexity index is 570. The molecule has 0 atom stereocenters. The Morgan fingerprint density at radius 3 is 2.58 bits per heavy atom. The average molecular weight is 288 g/mol. The standard InChI is InChI=1S/C12H17FN2O3S/c1-8(2)6-15-12(16)7-19(17,18)9-3-4-11(14)10(13)5-9/h3-5,8H,6-7,14H2,1-2H3,(H,15,16). The maximum absolute atomic E-state index is 13.2. The topological polar surface area (TPSA) is 89.3 Å². The number of rotatable bonds is 5. The number of benzene rings is 1. The number of sulfone groups is 1. The number of halogens is 1. The van der Waals surface area contributed by atoms with Gasteiger partial charge in [-0.25, -0.2) is 12.8 Å². The Balaban J connectivity index is 2.81. The number of hydrogen-bond donors (Lipinski definition) is 2. The van der Waals surface area contributed by atoms with Crippen LogP contribution >= 0.6 is 0 Å². The summed E-state index contributed by atoms with van der Waals surface area (Å²) in [6.07, 6.45) is 0. The number of carbonyl (C=O) groups excluding carboxylic acids is 1. The van der Waals surface area contributed by atoms with Crippen molar-refractivity contribution in [2.45, 2.75) is 18.7 Å². The zero-order chi connectivity index (χ0) is 14.6. The molecule has 0 saturated carbocycles. The molecule has 1 aromatic carbocycles. The van der Waals surface area contributed by atoms with Crippen LogP contribution in [-0.2, 0) is 14.6 Å². The zero-order valence-corrected chi connectivity index (χ0v) is 11.6. The van der Waals surface area contributed by atoms with E-state index in [2.05, 4.69) is 5.32 Å². The normalized spacial score (nSPS) is 11.6. The summed E-state index contributed by atoms with van der Waals surface area (Å²) in [5.41, 5.74) is 5.13. The molecule has 0 spiro atoms. The van der Waals surface area contributed by atoms with Gasteiger partial charge >= 0.3 is 0 Å². The quantitative estimate of drug-likeness (QED) is 0.790. The van der Waals surface area contributed by atoms with Gasteiger partial charge in [-0.1, -0.05) is 13.8 Å². The molecule has 1 amide bonds. The average Bonchev–Trinajstić information content (AvgIpc) is 2.29. The fraction of sp³-hybridized carbons (Fsp3) is 0.417. The third-order valence-corrected chi connectivity index (χ3v) is 3.97. The van der Waals surface area contributed by atoms with E-state index in [1.807, 2.05) is 13.8 Å². The van der Waals surface area contributed by atoms with Gasteiger partial charge in [0, 0.05) is 6.54 Å². The number of amides is 1. The van der Waals surface area contributed by atoms with E-state index in [1.165, 1.54) is 6.07 Å². The van der Waals surface area contributed by atoms with E-state index in [9.17, 15) is 17.6 Å². The van der Waals surface area contributed by atoms with E-state index in [4.69, 9.17) is 5.73 Å². The molecule has 0 aliphatic rings. The molecule has 1 aromatic rings. The lowest BCUT2D eigenvalue weighted by molar-refractivity contribution is -0.118. The van der Waals surface area contributed by atoms with Crippen molar-refractivity contribution in [2.75, 3.05) is 18.0 Å². The fourth-order valence-electron chi connectivity index (χ4n) is 1.33. The molecule has 5 nitrogen and oxygen atoms in total. The van der Waals surface area contributed by atoms with Crippen molar-refractivity contribution in [1.82, 2.24) is 5.32 Å². The maximum atomic E-state index is 13.2. The first-order valence-electron chi connectivity index (χ1n) is 5.77. The zero-order valence-electron chi connectivity index (χ0n) is 10.8. The second kappa shape index (κ2) is 6.01. The van der Waals surface area contributed by atoms with Crippen LogP contribution in [0.3, 0.4) is 0 Å². The van der Waals surface area contributed by atoms with Crippen LogP contribution in [0.15, 0.2) is 23.1 Å². The van der Waals surface area contributed by atoms with Crippen LogP contribution in [0.2, 0.25) is 0 Å². The van der Waals surface area contributed by atoms with Crippen molar-refractivity contribution >= 4 is 21.4 Å². The summed E-state index contributed by atoms with van der Waals surface area (Å²) >= 11 is 0. The smallest absolute Gasteiger partial charge is 0.235 e. The number of carbonyl (C=O) groups is 1. The van der Waals surface area contributed by atoms with Crippen molar-refractivity contribution in [2.24, 2.45) is 5.92 Å². The Morgan fingerprint density at radius 1 is 1.42 bits per heavy atom. The predicted octanol–water partition coefficient (Wildman–Crippen LogP) is 0.954. The molecule has 0 aliphatic heterocycles. The van der Waals surface area contributed by atoms with Crippen molar-refractivity contribution in [3.63, 3.8) is 0 Å². The summed E-state index contributed by atoms with van der Waals surface area (Å²) in [6, 6.07) is 3.16. The van der Waals surface area contributed by atoms with Crippen LogP contribution in [0.25, 0.3) is 0 Å². The third-order valence-electron chi connectivity index (χ3n) is 2.36. The maximum Gasteiger partial charge on any atom is 0.235 e. The van der Waals surface area contributed by atoms with Gasteiger partial charge < -0.3 is 11.1 Å². The van der Waals surface area contributed by atoms with Gasteiger partial charge in [0.1, 0.15) is 11.6 Å². The van der Waals surface area contributed by atoms with Crippen LogP contribution in [0, 0.1) is 11.7 Å². The second-order valence-corrected chi connectivity index (χ2v) is 6.63. The number of anilines is 1. The second-order valence-electron chi connectivity index (χ2n) is 4.64. The van der Waals surface area contributed by atoms with Crippen molar-refractivity contribution in [3.05, 3.63) is 24.0 Å². The van der Waals surface area contributed by atoms with Crippen LogP contribution in [0.1, 0.15) is 13.8 Å². The largest absolute Gasteiger partial charge is 0.396 e. The minimum atomic E-state index is -3.85. The molecule has 0 saturated heterocycles. The number of nitrogens with two attached hydrogens (primary N) is 1. The number of hydrogen-bond acceptors (Lipinski definition) is 4. The van der Waals surface area contributed by atoms with Crippen molar-refractivity contribution in [3.8, 4) is 0 Å². The lowest BCUT2D eigenvalue weighted by Gasteiger charge is -2.08. The van der Waals surface area contributed by atoms with Crippen LogP contribution in [-0.4, -0.2) is 26.6 Å². The van der Waals surface area contributed by atoms with E-state index >= 15 is 0 Å². The first-order chi connectivity index (χ1) is 8.72. The highest BCUT2D eigenvalue weighted by atomic mass is 32.2. The summed E-state index contributed by atoms with van der Waals surface area (Å²) in [7, 11) is -3.85. The molecule has 1 rings (SSSR count). The highest BCUT2D eigenvalue weighted by Gasteiger charge is 2.20. The molecule has 0 radical (unpaired) electrons. The lowest BCUT2D eigenvalue weighted by Crippen LogP contribution is -2.32. The molecule has 7 heteroatoms. The Morgan fingerprint density at radius 2 is 2.05 bits per heavy atom. The van der Waals surface area contributed by atoms with E-state index in [0.29, 0.717) is 6.54 Å². The molecule has 0 aromatic heterocycles. The highest BCUT2D eigenvalue weighted by molar-refractivity contribution is 7.92. The molecule has 0 aliphatic carbocycles. The van der Waals surface area contributed by atoms with Gasteiger partial charge in [-0.05, 0) is 24.1 Å². The molecule has 0 unspecified atom stereocenters. The summed E-state index contributed by atoms with van der Waals surface area (Å²) in [6.45, 7) is 4.18. The molecule has 19 heavy (non-hydrogen) atoms. The Kier molecular flexibility index (Phi) is 4.88. The van der Waals surface area contributed by atoms with Crippen LogP contribution in [0.4, 0.5) is 10.1 Å². The van der Waals surface area contributed by atoms with Crippen molar-refractivity contribution < 1.29 is 17.6 Å². The minimum Gasteiger partial charge on any atom is -0.396 e. The van der Waals surface area contributed by atoms with E-state index < -0.39 is 27.3 Å². The molecule has 0 fully saturated rings. The molecular weight excluding hydrogens is 271 g/mol. The van der Waals surface area contributed by atoms with Crippen LogP contribution < -0.4 is 11.1 Å². The highest BCUT2D eigenvalue weighted by Crippen LogP contribution is 2.17. The predicted molar refractivity (Wildman–Crippen MR) is 70.7 cm³/mol. The van der Waals surface area contributed by atoms with Gasteiger partial charge in [0.2, 0.25) is 5.91 Å². The Hall–Kier alpha value is -1.63. The van der Waals surface area contributed by atoms with E-state index in [-0.39, 0.29) is 16.5 Å². The lowest BCUT2D eigenvalue weighted by atomic mass is 10.2. The minimum absolute atomic E-state index is 0.136. The number of nitrogen functional groups attached to an aromatic ring is 1. The van der Waals surface area contributed by atoms with Crippen molar-refractivity contribution in [1.29, 1.82) is 0 Å².